The topological polar surface area (TPSA) is 15.7 Å². The van der Waals surface area contributed by atoms with E-state index < -0.39 is 0 Å². The van der Waals surface area contributed by atoms with E-state index in [4.69, 9.17) is 4.74 Å². The molecule has 1 fully saturated rings. The Kier molecular flexibility index (Phi) is 4.74. The van der Waals surface area contributed by atoms with Crippen LogP contribution in [-0.2, 0) is 16.6 Å². The van der Waals surface area contributed by atoms with Gasteiger partial charge in [0, 0.05) is 38.4 Å². The third-order valence-corrected chi connectivity index (χ3v) is 4.94. The van der Waals surface area contributed by atoms with E-state index in [0.29, 0.717) is 0 Å². The lowest BCUT2D eigenvalue weighted by molar-refractivity contribution is 0.0376. The first-order chi connectivity index (χ1) is 10.6. The van der Waals surface area contributed by atoms with Gasteiger partial charge in [-0.25, -0.2) is 0 Å². The zero-order valence-electron chi connectivity index (χ0n) is 14.4. The molecule has 2 aliphatic heterocycles. The highest BCUT2D eigenvalue weighted by Gasteiger charge is 2.26. The minimum atomic E-state index is 0.245. The van der Waals surface area contributed by atoms with Gasteiger partial charge in [-0.3, -0.25) is 4.90 Å². The van der Waals surface area contributed by atoms with Crippen LogP contribution in [0.15, 0.2) is 18.2 Å². The maximum absolute atomic E-state index is 5.42. The van der Waals surface area contributed by atoms with Crippen molar-refractivity contribution in [2.75, 3.05) is 50.8 Å². The summed E-state index contributed by atoms with van der Waals surface area (Å²) in [5.74, 6) is 0. The van der Waals surface area contributed by atoms with E-state index >= 15 is 0 Å². The Morgan fingerprint density at radius 1 is 1.05 bits per heavy atom. The zero-order chi connectivity index (χ0) is 15.6. The van der Waals surface area contributed by atoms with Gasteiger partial charge in [0.1, 0.15) is 0 Å². The van der Waals surface area contributed by atoms with E-state index in [1.165, 1.54) is 43.7 Å². The minimum absolute atomic E-state index is 0.245. The molecule has 2 aliphatic rings. The van der Waals surface area contributed by atoms with Crippen molar-refractivity contribution >= 4 is 5.69 Å². The molecule has 3 nitrogen and oxygen atoms in total. The Hall–Kier alpha value is -1.06. The summed E-state index contributed by atoms with van der Waals surface area (Å²) < 4.78 is 5.42. The van der Waals surface area contributed by atoms with Crippen molar-refractivity contribution in [1.29, 1.82) is 0 Å². The van der Waals surface area contributed by atoms with Crippen LogP contribution in [0.4, 0.5) is 5.69 Å². The zero-order valence-corrected chi connectivity index (χ0v) is 14.4. The Balaban J connectivity index is 1.60. The van der Waals surface area contributed by atoms with Crippen LogP contribution in [0, 0.1) is 0 Å². The standard InChI is InChI=1S/C19H30N2O/c1-19(2,3)17-6-4-7-18-16(17)8-11-21(18)10-5-9-20-12-14-22-15-13-20/h4,6-7H,5,8-15H2,1-3H3. The maximum atomic E-state index is 5.42. The molecule has 0 spiro atoms. The normalized spacial score (nSPS) is 19.5. The lowest BCUT2D eigenvalue weighted by Gasteiger charge is -2.28. The van der Waals surface area contributed by atoms with Crippen molar-refractivity contribution in [2.45, 2.75) is 39.0 Å². The van der Waals surface area contributed by atoms with E-state index in [1.807, 2.05) is 0 Å². The lowest BCUT2D eigenvalue weighted by atomic mass is 9.83. The number of morpholine rings is 1. The monoisotopic (exact) mass is 302 g/mol. The SMILES string of the molecule is CC(C)(C)c1cccc2c1CCN2CCCN1CCOCC1. The van der Waals surface area contributed by atoms with Crippen molar-refractivity contribution in [2.24, 2.45) is 0 Å². The molecule has 0 amide bonds. The van der Waals surface area contributed by atoms with Crippen LogP contribution in [0.3, 0.4) is 0 Å². The van der Waals surface area contributed by atoms with Crippen LogP contribution in [0.25, 0.3) is 0 Å². The number of benzene rings is 1. The Bertz CT molecular complexity index is 501. The number of hydrogen-bond donors (Lipinski definition) is 0. The van der Waals surface area contributed by atoms with E-state index in [-0.39, 0.29) is 5.41 Å². The molecule has 1 aromatic rings. The number of rotatable bonds is 4. The quantitative estimate of drug-likeness (QED) is 0.850. The van der Waals surface area contributed by atoms with Crippen LogP contribution in [0.1, 0.15) is 38.3 Å². The maximum Gasteiger partial charge on any atom is 0.0594 e. The molecule has 0 atom stereocenters. The van der Waals surface area contributed by atoms with Crippen molar-refractivity contribution in [1.82, 2.24) is 4.90 Å². The summed E-state index contributed by atoms with van der Waals surface area (Å²) in [7, 11) is 0. The highest BCUT2D eigenvalue weighted by molar-refractivity contribution is 5.62. The summed E-state index contributed by atoms with van der Waals surface area (Å²) in [6, 6.07) is 6.86. The summed E-state index contributed by atoms with van der Waals surface area (Å²) in [4.78, 5) is 5.12. The molecule has 0 unspecified atom stereocenters. The van der Waals surface area contributed by atoms with Gasteiger partial charge >= 0.3 is 0 Å². The minimum Gasteiger partial charge on any atom is -0.379 e. The molecule has 3 rings (SSSR count). The van der Waals surface area contributed by atoms with Gasteiger partial charge in [-0.1, -0.05) is 32.9 Å². The molecule has 0 N–H and O–H groups in total. The number of ether oxygens (including phenoxy) is 1. The smallest absolute Gasteiger partial charge is 0.0594 e. The van der Waals surface area contributed by atoms with Crippen molar-refractivity contribution in [3.05, 3.63) is 29.3 Å². The average Bonchev–Trinajstić information content (AvgIpc) is 2.91. The predicted molar refractivity (Wildman–Crippen MR) is 92.9 cm³/mol. The van der Waals surface area contributed by atoms with Crippen LogP contribution < -0.4 is 4.90 Å². The molecule has 0 aliphatic carbocycles. The molecular formula is C19H30N2O. The Morgan fingerprint density at radius 3 is 2.55 bits per heavy atom. The molecule has 2 heterocycles. The second-order valence-electron chi connectivity index (χ2n) is 7.60. The molecule has 122 valence electrons. The van der Waals surface area contributed by atoms with E-state index in [9.17, 15) is 0 Å². The molecular weight excluding hydrogens is 272 g/mol. The number of nitrogens with zero attached hydrogens (tertiary/aromatic N) is 2. The first-order valence-corrected chi connectivity index (χ1v) is 8.73. The summed E-state index contributed by atoms with van der Waals surface area (Å²) in [6.45, 7) is 14.5. The molecule has 0 bridgehead atoms. The average molecular weight is 302 g/mol. The van der Waals surface area contributed by atoms with Gasteiger partial charge in [0.25, 0.3) is 0 Å². The number of hydrogen-bond acceptors (Lipinski definition) is 3. The third-order valence-electron chi connectivity index (χ3n) is 4.94. The largest absolute Gasteiger partial charge is 0.379 e. The van der Waals surface area contributed by atoms with Crippen LogP contribution in [0.2, 0.25) is 0 Å². The first kappa shape index (κ1) is 15.8. The molecule has 1 aromatic carbocycles. The molecule has 0 radical (unpaired) electrons. The highest BCUT2D eigenvalue weighted by atomic mass is 16.5. The van der Waals surface area contributed by atoms with Crippen molar-refractivity contribution in [3.63, 3.8) is 0 Å². The summed E-state index contributed by atoms with van der Waals surface area (Å²) in [6.07, 6.45) is 2.46. The van der Waals surface area contributed by atoms with Crippen molar-refractivity contribution < 1.29 is 4.74 Å². The van der Waals surface area contributed by atoms with E-state index in [1.54, 1.807) is 5.56 Å². The van der Waals surface area contributed by atoms with Gasteiger partial charge in [0.2, 0.25) is 0 Å². The second kappa shape index (κ2) is 6.59. The molecule has 0 saturated carbocycles. The molecule has 0 aromatic heterocycles. The summed E-state index contributed by atoms with van der Waals surface area (Å²) in [5.41, 5.74) is 4.84. The Labute approximate surface area is 135 Å². The summed E-state index contributed by atoms with van der Waals surface area (Å²) in [5, 5.41) is 0. The van der Waals surface area contributed by atoms with Crippen LogP contribution >= 0.6 is 0 Å². The van der Waals surface area contributed by atoms with E-state index in [0.717, 1.165) is 26.3 Å². The lowest BCUT2D eigenvalue weighted by Crippen LogP contribution is -2.38. The van der Waals surface area contributed by atoms with Crippen LogP contribution in [0.5, 0.6) is 0 Å². The number of fused-ring (bicyclic) bond motifs is 1. The fourth-order valence-electron chi connectivity index (χ4n) is 3.75. The Morgan fingerprint density at radius 2 is 1.82 bits per heavy atom. The predicted octanol–water partition coefficient (Wildman–Crippen LogP) is 3.07. The highest BCUT2D eigenvalue weighted by Crippen LogP contribution is 2.36. The van der Waals surface area contributed by atoms with Gasteiger partial charge < -0.3 is 9.64 Å². The number of anilines is 1. The second-order valence-corrected chi connectivity index (χ2v) is 7.60. The van der Waals surface area contributed by atoms with E-state index in [2.05, 4.69) is 48.8 Å². The van der Waals surface area contributed by atoms with Gasteiger partial charge in [0.15, 0.2) is 0 Å². The van der Waals surface area contributed by atoms with Gasteiger partial charge in [0.05, 0.1) is 13.2 Å². The van der Waals surface area contributed by atoms with Gasteiger partial charge in [-0.2, -0.15) is 0 Å². The first-order valence-electron chi connectivity index (χ1n) is 8.73. The van der Waals surface area contributed by atoms with Crippen LogP contribution in [-0.4, -0.2) is 50.8 Å². The van der Waals surface area contributed by atoms with Gasteiger partial charge in [-0.15, -0.1) is 0 Å². The molecule has 1 saturated heterocycles. The molecule has 22 heavy (non-hydrogen) atoms. The summed E-state index contributed by atoms with van der Waals surface area (Å²) >= 11 is 0. The van der Waals surface area contributed by atoms with Crippen molar-refractivity contribution in [3.8, 4) is 0 Å². The molecule has 3 heteroatoms. The van der Waals surface area contributed by atoms with Gasteiger partial charge in [-0.05, 0) is 35.4 Å². The fraction of sp³-hybridized carbons (Fsp3) is 0.684. The fourth-order valence-corrected chi connectivity index (χ4v) is 3.75. The third kappa shape index (κ3) is 3.47.